The van der Waals surface area contributed by atoms with Crippen molar-refractivity contribution in [3.63, 3.8) is 0 Å². The third-order valence-corrected chi connectivity index (χ3v) is 3.87. The number of carboxylic acids is 1. The molecule has 1 unspecified atom stereocenters. The number of carbonyl (C=O) groups is 2. The fraction of sp³-hybridized carbons (Fsp3) is 0.429. The summed E-state index contributed by atoms with van der Waals surface area (Å²) >= 11 is 0. The number of nitrogens with one attached hydrogen (secondary N) is 1. The Morgan fingerprint density at radius 1 is 1.25 bits per heavy atom. The Morgan fingerprint density at radius 2 is 1.83 bits per heavy atom. The number of methoxy groups -OCH3 is 2. The molecule has 0 bridgehead atoms. The van der Waals surface area contributed by atoms with Gasteiger partial charge in [0.1, 0.15) is 6.04 Å². The van der Waals surface area contributed by atoms with E-state index in [-0.39, 0.29) is 22.7 Å². The van der Waals surface area contributed by atoms with Crippen molar-refractivity contribution in [3.8, 4) is 11.5 Å². The highest BCUT2D eigenvalue weighted by molar-refractivity contribution is 7.92. The van der Waals surface area contributed by atoms with Crippen LogP contribution in [0.1, 0.15) is 17.3 Å². The minimum Gasteiger partial charge on any atom is -0.493 e. The van der Waals surface area contributed by atoms with Crippen LogP contribution in [0.15, 0.2) is 12.1 Å². The van der Waals surface area contributed by atoms with Crippen LogP contribution >= 0.6 is 0 Å². The highest BCUT2D eigenvalue weighted by Crippen LogP contribution is 2.37. The molecule has 0 aliphatic heterocycles. The lowest BCUT2D eigenvalue weighted by Crippen LogP contribution is -2.40. The van der Waals surface area contributed by atoms with Gasteiger partial charge in [-0.05, 0) is 19.1 Å². The minimum atomic E-state index is -3.63. The number of amides is 1. The van der Waals surface area contributed by atoms with E-state index in [1.54, 1.807) is 0 Å². The first-order chi connectivity index (χ1) is 11.0. The van der Waals surface area contributed by atoms with Gasteiger partial charge in [-0.3, -0.25) is 9.52 Å². The van der Waals surface area contributed by atoms with E-state index in [1.807, 2.05) is 0 Å². The largest absolute Gasteiger partial charge is 0.493 e. The Kier molecular flexibility index (Phi) is 6.02. The van der Waals surface area contributed by atoms with Crippen LogP contribution in [0.4, 0.5) is 5.69 Å². The van der Waals surface area contributed by atoms with E-state index >= 15 is 0 Å². The van der Waals surface area contributed by atoms with Crippen molar-refractivity contribution in [3.05, 3.63) is 17.7 Å². The summed E-state index contributed by atoms with van der Waals surface area (Å²) < 4.78 is 35.5. The van der Waals surface area contributed by atoms with E-state index in [9.17, 15) is 18.0 Å². The first kappa shape index (κ1) is 19.6. The molecule has 0 fully saturated rings. The smallest absolute Gasteiger partial charge is 0.326 e. The van der Waals surface area contributed by atoms with Crippen molar-refractivity contribution in [1.29, 1.82) is 0 Å². The molecule has 0 heterocycles. The zero-order valence-electron chi connectivity index (χ0n) is 14.0. The highest BCUT2D eigenvalue weighted by atomic mass is 32.2. The topological polar surface area (TPSA) is 122 Å². The molecule has 134 valence electrons. The molecule has 0 radical (unpaired) electrons. The average molecular weight is 360 g/mol. The summed E-state index contributed by atoms with van der Waals surface area (Å²) in [6.45, 7) is 1.36. The van der Waals surface area contributed by atoms with Crippen LogP contribution in [0.2, 0.25) is 0 Å². The molecule has 0 aliphatic rings. The van der Waals surface area contributed by atoms with Gasteiger partial charge in [-0.25, -0.2) is 13.2 Å². The lowest BCUT2D eigenvalue weighted by molar-refractivity contribution is -0.141. The van der Waals surface area contributed by atoms with E-state index in [0.717, 1.165) is 11.2 Å². The van der Waals surface area contributed by atoms with Gasteiger partial charge < -0.3 is 19.5 Å². The molecule has 0 saturated heterocycles. The van der Waals surface area contributed by atoms with Crippen LogP contribution in [-0.2, 0) is 14.8 Å². The van der Waals surface area contributed by atoms with Crippen LogP contribution in [0, 0.1) is 0 Å². The molecule has 0 spiro atoms. The molecule has 1 rings (SSSR count). The monoisotopic (exact) mass is 360 g/mol. The summed E-state index contributed by atoms with van der Waals surface area (Å²) in [4.78, 5) is 24.5. The maximum absolute atomic E-state index is 12.5. The van der Waals surface area contributed by atoms with Crippen molar-refractivity contribution in [2.45, 2.75) is 13.0 Å². The lowest BCUT2D eigenvalue weighted by Gasteiger charge is -2.22. The van der Waals surface area contributed by atoms with Gasteiger partial charge in [0.25, 0.3) is 5.91 Å². The first-order valence-corrected chi connectivity index (χ1v) is 8.64. The van der Waals surface area contributed by atoms with Crippen molar-refractivity contribution in [2.24, 2.45) is 0 Å². The van der Waals surface area contributed by atoms with E-state index in [4.69, 9.17) is 14.6 Å². The molecule has 2 N–H and O–H groups in total. The molecule has 1 aromatic carbocycles. The summed E-state index contributed by atoms with van der Waals surface area (Å²) in [5.41, 5.74) is 0.0634. The van der Waals surface area contributed by atoms with Crippen LogP contribution in [0.5, 0.6) is 11.5 Å². The number of sulfonamides is 1. The van der Waals surface area contributed by atoms with Crippen molar-refractivity contribution in [1.82, 2.24) is 4.90 Å². The lowest BCUT2D eigenvalue weighted by atomic mass is 10.1. The fourth-order valence-corrected chi connectivity index (χ4v) is 2.46. The van der Waals surface area contributed by atoms with E-state index in [2.05, 4.69) is 4.72 Å². The number of rotatable bonds is 7. The van der Waals surface area contributed by atoms with Gasteiger partial charge >= 0.3 is 5.97 Å². The molecular formula is C14H20N2O7S. The van der Waals surface area contributed by atoms with Crippen LogP contribution in [0.25, 0.3) is 0 Å². The molecule has 0 aliphatic carbocycles. The molecule has 0 aromatic heterocycles. The van der Waals surface area contributed by atoms with Crippen LogP contribution < -0.4 is 14.2 Å². The van der Waals surface area contributed by atoms with Gasteiger partial charge in [-0.2, -0.15) is 0 Å². The number of aliphatic carboxylic acids is 1. The SMILES string of the molecule is COc1cc(C(=O)N(C)C(C)C(=O)O)cc(NS(C)(=O)=O)c1OC. The van der Waals surface area contributed by atoms with Crippen molar-refractivity contribution in [2.75, 3.05) is 32.2 Å². The molecule has 24 heavy (non-hydrogen) atoms. The van der Waals surface area contributed by atoms with Gasteiger partial charge in [0, 0.05) is 12.6 Å². The Labute approximate surface area is 140 Å². The standard InChI is InChI=1S/C14H20N2O7S/c1-8(14(18)19)16(2)13(17)9-6-10(15-24(5,20)21)12(23-4)11(7-9)22-3/h6-8,15H,1-5H3,(H,18,19). The Hall–Kier alpha value is -2.49. The number of carbonyl (C=O) groups excluding carboxylic acids is 1. The van der Waals surface area contributed by atoms with Gasteiger partial charge in [0.15, 0.2) is 11.5 Å². The molecule has 1 atom stereocenters. The molecule has 10 heteroatoms. The number of nitrogens with zero attached hydrogens (tertiary/aromatic N) is 1. The second-order valence-corrected chi connectivity index (χ2v) is 6.81. The number of benzene rings is 1. The zero-order chi connectivity index (χ0) is 18.7. The Bertz CT molecular complexity index is 746. The summed E-state index contributed by atoms with van der Waals surface area (Å²) in [6.07, 6.45) is 0.950. The van der Waals surface area contributed by atoms with Crippen molar-refractivity contribution < 1.29 is 32.6 Å². The number of anilines is 1. The molecular weight excluding hydrogens is 340 g/mol. The third kappa shape index (κ3) is 4.51. The molecule has 9 nitrogen and oxygen atoms in total. The predicted molar refractivity (Wildman–Crippen MR) is 87.2 cm³/mol. The first-order valence-electron chi connectivity index (χ1n) is 6.75. The second kappa shape index (κ2) is 7.39. The fourth-order valence-electron chi connectivity index (χ4n) is 1.91. The van der Waals surface area contributed by atoms with E-state index in [1.165, 1.54) is 40.3 Å². The Morgan fingerprint density at radius 3 is 2.25 bits per heavy atom. The predicted octanol–water partition coefficient (Wildman–Crippen LogP) is 0.620. The number of ether oxygens (including phenoxy) is 2. The van der Waals surface area contributed by atoms with Gasteiger partial charge in [0.05, 0.1) is 26.2 Å². The van der Waals surface area contributed by atoms with Gasteiger partial charge in [-0.1, -0.05) is 0 Å². The summed E-state index contributed by atoms with van der Waals surface area (Å²) in [7, 11) is 0.361. The molecule has 0 saturated carbocycles. The van der Waals surface area contributed by atoms with Crippen LogP contribution in [-0.4, -0.2) is 63.9 Å². The molecule has 1 amide bonds. The number of hydrogen-bond donors (Lipinski definition) is 2. The summed E-state index contributed by atoms with van der Waals surface area (Å²) in [5.74, 6) is -1.54. The zero-order valence-corrected chi connectivity index (χ0v) is 14.8. The van der Waals surface area contributed by atoms with Crippen LogP contribution in [0.3, 0.4) is 0 Å². The Balaban J connectivity index is 3.41. The van der Waals surface area contributed by atoms with Crippen molar-refractivity contribution >= 4 is 27.6 Å². The molecule has 1 aromatic rings. The normalized spacial score (nSPS) is 12.2. The maximum atomic E-state index is 12.5. The quantitative estimate of drug-likeness (QED) is 0.731. The second-order valence-electron chi connectivity index (χ2n) is 5.06. The maximum Gasteiger partial charge on any atom is 0.326 e. The highest BCUT2D eigenvalue weighted by Gasteiger charge is 2.25. The number of hydrogen-bond acceptors (Lipinski definition) is 6. The van der Waals surface area contributed by atoms with E-state index < -0.39 is 27.9 Å². The van der Waals surface area contributed by atoms with E-state index in [0.29, 0.717) is 0 Å². The van der Waals surface area contributed by atoms with Gasteiger partial charge in [-0.15, -0.1) is 0 Å². The third-order valence-electron chi connectivity index (χ3n) is 3.28. The summed E-state index contributed by atoms with van der Waals surface area (Å²) in [6, 6.07) is 1.55. The number of carboxylic acid groups (broad SMARTS) is 1. The average Bonchev–Trinajstić information content (AvgIpc) is 2.50. The number of likely N-dealkylation sites (N-methyl/N-ethyl adjacent to an activating group) is 1. The summed E-state index contributed by atoms with van der Waals surface area (Å²) in [5, 5.41) is 9.01. The minimum absolute atomic E-state index is 0.0130. The van der Waals surface area contributed by atoms with Gasteiger partial charge in [0.2, 0.25) is 10.0 Å².